The Labute approximate surface area is 104 Å². The zero-order chi connectivity index (χ0) is 11.7. The highest BCUT2D eigenvalue weighted by Gasteiger charge is 2.29. The smallest absolute Gasteiger partial charge is 0.124 e. The SMILES string of the molecule is CN1CC(CN)CC1c1cc(F)cc(Br)c1. The second-order valence-electron chi connectivity index (χ2n) is 4.50. The summed E-state index contributed by atoms with van der Waals surface area (Å²) in [4.78, 5) is 2.25. The minimum absolute atomic E-state index is 0.186. The molecule has 1 aliphatic rings. The molecule has 2 unspecified atom stereocenters. The van der Waals surface area contributed by atoms with E-state index in [0.717, 1.165) is 23.0 Å². The van der Waals surface area contributed by atoms with E-state index in [1.165, 1.54) is 6.07 Å². The van der Waals surface area contributed by atoms with Crippen molar-refractivity contribution in [1.82, 2.24) is 4.90 Å². The molecule has 1 aromatic carbocycles. The second kappa shape index (κ2) is 4.82. The van der Waals surface area contributed by atoms with Crippen LogP contribution in [0.25, 0.3) is 0 Å². The molecule has 2 atom stereocenters. The highest BCUT2D eigenvalue weighted by atomic mass is 79.9. The van der Waals surface area contributed by atoms with Crippen molar-refractivity contribution in [3.63, 3.8) is 0 Å². The Morgan fingerprint density at radius 1 is 1.50 bits per heavy atom. The Kier molecular flexibility index (Phi) is 3.62. The van der Waals surface area contributed by atoms with Gasteiger partial charge in [0.2, 0.25) is 0 Å². The van der Waals surface area contributed by atoms with Crippen molar-refractivity contribution in [2.24, 2.45) is 11.7 Å². The van der Waals surface area contributed by atoms with Crippen LogP contribution in [0.3, 0.4) is 0 Å². The van der Waals surface area contributed by atoms with Gasteiger partial charge in [-0.1, -0.05) is 15.9 Å². The van der Waals surface area contributed by atoms with Crippen LogP contribution in [0.5, 0.6) is 0 Å². The summed E-state index contributed by atoms with van der Waals surface area (Å²) in [5, 5.41) is 0. The van der Waals surface area contributed by atoms with Crippen LogP contribution in [0, 0.1) is 11.7 Å². The lowest BCUT2D eigenvalue weighted by atomic mass is 10.00. The topological polar surface area (TPSA) is 29.3 Å². The number of halogens is 2. The van der Waals surface area contributed by atoms with Crippen LogP contribution in [-0.4, -0.2) is 25.0 Å². The van der Waals surface area contributed by atoms with Gasteiger partial charge in [0.05, 0.1) is 0 Å². The number of rotatable bonds is 2. The molecule has 2 N–H and O–H groups in total. The van der Waals surface area contributed by atoms with E-state index in [1.807, 2.05) is 6.07 Å². The van der Waals surface area contributed by atoms with Crippen LogP contribution in [0.15, 0.2) is 22.7 Å². The first-order chi connectivity index (χ1) is 7.60. The van der Waals surface area contributed by atoms with Gasteiger partial charge in [-0.15, -0.1) is 0 Å². The standard InChI is InChI=1S/C12H16BrFN2/c1-16-7-8(6-15)2-12(16)9-3-10(13)5-11(14)4-9/h3-5,8,12H,2,6-7,15H2,1H3. The van der Waals surface area contributed by atoms with E-state index in [1.54, 1.807) is 6.07 Å². The fourth-order valence-electron chi connectivity index (χ4n) is 2.43. The third-order valence-corrected chi connectivity index (χ3v) is 3.70. The molecule has 0 saturated carbocycles. The molecular formula is C12H16BrFN2. The fraction of sp³-hybridized carbons (Fsp3) is 0.500. The molecule has 88 valence electrons. The molecule has 0 aliphatic carbocycles. The molecule has 1 heterocycles. The van der Waals surface area contributed by atoms with Gasteiger partial charge in [-0.05, 0) is 49.7 Å². The average Bonchev–Trinajstić information content (AvgIpc) is 2.58. The Morgan fingerprint density at radius 3 is 2.81 bits per heavy atom. The lowest BCUT2D eigenvalue weighted by Gasteiger charge is -2.19. The zero-order valence-electron chi connectivity index (χ0n) is 9.29. The van der Waals surface area contributed by atoms with Crippen LogP contribution in [0.2, 0.25) is 0 Å². The van der Waals surface area contributed by atoms with Crippen molar-refractivity contribution >= 4 is 15.9 Å². The van der Waals surface area contributed by atoms with E-state index in [4.69, 9.17) is 5.73 Å². The van der Waals surface area contributed by atoms with E-state index >= 15 is 0 Å². The van der Waals surface area contributed by atoms with Gasteiger partial charge >= 0.3 is 0 Å². The van der Waals surface area contributed by atoms with Crippen molar-refractivity contribution in [1.29, 1.82) is 0 Å². The third kappa shape index (κ3) is 2.44. The molecule has 0 radical (unpaired) electrons. The van der Waals surface area contributed by atoms with Crippen LogP contribution in [0.1, 0.15) is 18.0 Å². The van der Waals surface area contributed by atoms with Crippen molar-refractivity contribution < 1.29 is 4.39 Å². The predicted octanol–water partition coefficient (Wildman–Crippen LogP) is 2.54. The lowest BCUT2D eigenvalue weighted by Crippen LogP contribution is -2.20. The Balaban J connectivity index is 2.24. The van der Waals surface area contributed by atoms with Gasteiger partial charge in [-0.2, -0.15) is 0 Å². The Hall–Kier alpha value is -0.450. The zero-order valence-corrected chi connectivity index (χ0v) is 10.9. The number of hydrogen-bond acceptors (Lipinski definition) is 2. The summed E-state index contributed by atoms with van der Waals surface area (Å²) in [5.41, 5.74) is 6.72. The summed E-state index contributed by atoms with van der Waals surface area (Å²) < 4.78 is 14.1. The molecule has 2 rings (SSSR count). The second-order valence-corrected chi connectivity index (χ2v) is 5.41. The molecule has 0 spiro atoms. The number of nitrogens with two attached hydrogens (primary N) is 1. The number of benzene rings is 1. The summed E-state index contributed by atoms with van der Waals surface area (Å²) in [7, 11) is 2.07. The summed E-state index contributed by atoms with van der Waals surface area (Å²) in [5.74, 6) is 0.339. The van der Waals surface area contributed by atoms with Crippen molar-refractivity contribution in [3.05, 3.63) is 34.1 Å². The molecule has 1 saturated heterocycles. The summed E-state index contributed by atoms with van der Waals surface area (Å²) in [6.45, 7) is 1.70. The molecule has 0 aromatic heterocycles. The van der Waals surface area contributed by atoms with Gasteiger partial charge in [0, 0.05) is 17.1 Å². The third-order valence-electron chi connectivity index (χ3n) is 3.24. The van der Waals surface area contributed by atoms with Crippen LogP contribution in [0.4, 0.5) is 4.39 Å². The number of nitrogens with zero attached hydrogens (tertiary/aromatic N) is 1. The van der Waals surface area contributed by atoms with E-state index in [-0.39, 0.29) is 5.82 Å². The minimum Gasteiger partial charge on any atom is -0.330 e. The molecule has 4 heteroatoms. The van der Waals surface area contributed by atoms with Gasteiger partial charge < -0.3 is 5.73 Å². The quantitative estimate of drug-likeness (QED) is 0.905. The molecule has 0 amide bonds. The molecule has 1 fully saturated rings. The van der Waals surface area contributed by atoms with E-state index in [0.29, 0.717) is 18.5 Å². The normalized spacial score (nSPS) is 26.2. The lowest BCUT2D eigenvalue weighted by molar-refractivity contribution is 0.313. The van der Waals surface area contributed by atoms with Crippen LogP contribution < -0.4 is 5.73 Å². The van der Waals surface area contributed by atoms with E-state index in [2.05, 4.69) is 27.9 Å². The maximum absolute atomic E-state index is 13.3. The van der Waals surface area contributed by atoms with Gasteiger partial charge in [0.25, 0.3) is 0 Å². The first-order valence-electron chi connectivity index (χ1n) is 5.46. The van der Waals surface area contributed by atoms with Gasteiger partial charge in [0.15, 0.2) is 0 Å². The highest BCUT2D eigenvalue weighted by molar-refractivity contribution is 9.10. The molecule has 0 bridgehead atoms. The largest absolute Gasteiger partial charge is 0.330 e. The molecular weight excluding hydrogens is 271 g/mol. The fourth-order valence-corrected chi connectivity index (χ4v) is 2.92. The average molecular weight is 287 g/mol. The highest BCUT2D eigenvalue weighted by Crippen LogP contribution is 2.34. The minimum atomic E-state index is -0.186. The van der Waals surface area contributed by atoms with Crippen molar-refractivity contribution in [3.8, 4) is 0 Å². The van der Waals surface area contributed by atoms with Gasteiger partial charge in [-0.3, -0.25) is 4.90 Å². The Bertz CT molecular complexity index is 363. The van der Waals surface area contributed by atoms with Gasteiger partial charge in [-0.25, -0.2) is 4.39 Å². The van der Waals surface area contributed by atoms with Crippen molar-refractivity contribution in [2.75, 3.05) is 20.1 Å². The molecule has 1 aromatic rings. The summed E-state index contributed by atoms with van der Waals surface area (Å²) in [6, 6.07) is 5.38. The molecule has 2 nitrogen and oxygen atoms in total. The maximum Gasteiger partial charge on any atom is 0.124 e. The summed E-state index contributed by atoms with van der Waals surface area (Å²) >= 11 is 3.33. The van der Waals surface area contributed by atoms with Crippen molar-refractivity contribution in [2.45, 2.75) is 12.5 Å². The van der Waals surface area contributed by atoms with E-state index in [9.17, 15) is 4.39 Å². The first-order valence-corrected chi connectivity index (χ1v) is 6.25. The number of hydrogen-bond donors (Lipinski definition) is 1. The summed E-state index contributed by atoms with van der Waals surface area (Å²) in [6.07, 6.45) is 1.02. The molecule has 16 heavy (non-hydrogen) atoms. The van der Waals surface area contributed by atoms with Crippen LogP contribution >= 0.6 is 15.9 Å². The monoisotopic (exact) mass is 286 g/mol. The van der Waals surface area contributed by atoms with Crippen LogP contribution in [-0.2, 0) is 0 Å². The first kappa shape index (κ1) is 12.0. The Morgan fingerprint density at radius 2 is 2.25 bits per heavy atom. The maximum atomic E-state index is 13.3. The molecule has 1 aliphatic heterocycles. The van der Waals surface area contributed by atoms with E-state index < -0.39 is 0 Å². The predicted molar refractivity (Wildman–Crippen MR) is 66.6 cm³/mol. The number of likely N-dealkylation sites (tertiary alicyclic amines) is 1. The van der Waals surface area contributed by atoms with Gasteiger partial charge in [0.1, 0.15) is 5.82 Å².